The van der Waals surface area contributed by atoms with Gasteiger partial charge in [-0.3, -0.25) is 0 Å². The highest BCUT2D eigenvalue weighted by Crippen LogP contribution is 2.37. The van der Waals surface area contributed by atoms with Crippen molar-refractivity contribution in [3.05, 3.63) is 35.5 Å². The molecule has 0 bridgehead atoms. The Labute approximate surface area is 165 Å². The van der Waals surface area contributed by atoms with Gasteiger partial charge in [-0.1, -0.05) is 0 Å². The molecule has 3 heterocycles. The van der Waals surface area contributed by atoms with E-state index in [1.54, 1.807) is 19.2 Å². The summed E-state index contributed by atoms with van der Waals surface area (Å²) >= 11 is 0. The summed E-state index contributed by atoms with van der Waals surface area (Å²) in [5.41, 5.74) is 2.29. The van der Waals surface area contributed by atoms with Gasteiger partial charge in [-0.2, -0.15) is 14.0 Å². The zero-order chi connectivity index (χ0) is 20.5. The average Bonchev–Trinajstić information content (AvgIpc) is 3.06. The number of benzene rings is 1. The Morgan fingerprint density at radius 2 is 2.17 bits per heavy atom. The quantitative estimate of drug-likeness (QED) is 0.697. The molecule has 0 amide bonds. The highest BCUT2D eigenvalue weighted by Gasteiger charge is 2.22. The van der Waals surface area contributed by atoms with Gasteiger partial charge in [0.05, 0.1) is 11.3 Å². The third kappa shape index (κ3) is 3.59. The van der Waals surface area contributed by atoms with E-state index in [1.165, 1.54) is 6.07 Å². The minimum Gasteiger partial charge on any atom is -0.507 e. The number of aromatic nitrogens is 3. The summed E-state index contributed by atoms with van der Waals surface area (Å²) in [6.45, 7) is 0.441. The van der Waals surface area contributed by atoms with Crippen molar-refractivity contribution in [3.8, 4) is 28.8 Å². The second kappa shape index (κ2) is 7.64. The topological polar surface area (TPSA) is 96.0 Å². The van der Waals surface area contributed by atoms with E-state index in [0.29, 0.717) is 33.4 Å². The third-order valence-corrected chi connectivity index (χ3v) is 5.13. The van der Waals surface area contributed by atoms with Gasteiger partial charge < -0.3 is 19.7 Å². The number of alkyl halides is 2. The molecule has 0 saturated carbocycles. The fourth-order valence-corrected chi connectivity index (χ4v) is 3.84. The number of phenols is 1. The number of aromatic hydroxyl groups is 1. The molecule has 0 spiro atoms. The van der Waals surface area contributed by atoms with Crippen LogP contribution in [0.4, 0.5) is 8.78 Å². The summed E-state index contributed by atoms with van der Waals surface area (Å²) in [7, 11) is 0. The SMILES string of the molecule is Cc1cc(OC(F)F)cc(O)c1-c1cc2c(C#N)cn([C@@H]3CCCNC3)c2nn1. The highest BCUT2D eigenvalue weighted by molar-refractivity contribution is 5.87. The van der Waals surface area contributed by atoms with Crippen LogP contribution in [0.2, 0.25) is 0 Å². The van der Waals surface area contributed by atoms with Crippen molar-refractivity contribution in [2.45, 2.75) is 32.4 Å². The molecule has 1 atom stereocenters. The fraction of sp³-hybridized carbons (Fsp3) is 0.350. The van der Waals surface area contributed by atoms with Gasteiger partial charge in [-0.15, -0.1) is 10.2 Å². The first-order chi connectivity index (χ1) is 14.0. The Balaban J connectivity index is 1.79. The first-order valence-electron chi connectivity index (χ1n) is 9.26. The number of aryl methyl sites for hydroxylation is 1. The van der Waals surface area contributed by atoms with Gasteiger partial charge in [0.15, 0.2) is 5.65 Å². The number of phenolic OH excluding ortho intramolecular Hbond substituents is 1. The van der Waals surface area contributed by atoms with E-state index < -0.39 is 6.61 Å². The summed E-state index contributed by atoms with van der Waals surface area (Å²) in [5, 5.41) is 32.5. The maximum atomic E-state index is 12.5. The molecule has 2 aromatic heterocycles. The number of fused-ring (bicyclic) bond motifs is 1. The van der Waals surface area contributed by atoms with Crippen LogP contribution in [0.3, 0.4) is 0 Å². The van der Waals surface area contributed by atoms with Crippen molar-refractivity contribution in [2.75, 3.05) is 13.1 Å². The lowest BCUT2D eigenvalue weighted by Crippen LogP contribution is -2.31. The highest BCUT2D eigenvalue weighted by atomic mass is 19.3. The van der Waals surface area contributed by atoms with Crippen LogP contribution in [0.1, 0.15) is 30.0 Å². The van der Waals surface area contributed by atoms with Gasteiger partial charge in [0, 0.05) is 35.8 Å². The normalized spacial score (nSPS) is 16.9. The van der Waals surface area contributed by atoms with Crippen molar-refractivity contribution in [3.63, 3.8) is 0 Å². The number of halogens is 2. The van der Waals surface area contributed by atoms with Crippen LogP contribution in [-0.2, 0) is 0 Å². The minimum absolute atomic E-state index is 0.138. The van der Waals surface area contributed by atoms with E-state index >= 15 is 0 Å². The molecule has 150 valence electrons. The second-order valence-electron chi connectivity index (χ2n) is 7.04. The molecule has 1 fully saturated rings. The summed E-state index contributed by atoms with van der Waals surface area (Å²) in [4.78, 5) is 0. The maximum Gasteiger partial charge on any atom is 0.387 e. The first-order valence-corrected chi connectivity index (χ1v) is 9.26. The summed E-state index contributed by atoms with van der Waals surface area (Å²) < 4.78 is 31.3. The summed E-state index contributed by atoms with van der Waals surface area (Å²) in [5.74, 6) is -0.384. The van der Waals surface area contributed by atoms with Crippen molar-refractivity contribution < 1.29 is 18.6 Å². The van der Waals surface area contributed by atoms with E-state index in [-0.39, 0.29) is 17.5 Å². The van der Waals surface area contributed by atoms with Crippen molar-refractivity contribution in [2.24, 2.45) is 0 Å². The van der Waals surface area contributed by atoms with Crippen molar-refractivity contribution >= 4 is 11.0 Å². The summed E-state index contributed by atoms with van der Waals surface area (Å²) in [6.07, 6.45) is 3.81. The molecule has 0 radical (unpaired) electrons. The van der Waals surface area contributed by atoms with Crippen LogP contribution in [-0.4, -0.2) is 39.6 Å². The van der Waals surface area contributed by atoms with Crippen LogP contribution in [0.15, 0.2) is 24.4 Å². The molecule has 3 aromatic rings. The molecule has 4 rings (SSSR count). The lowest BCUT2D eigenvalue weighted by molar-refractivity contribution is -0.0499. The predicted molar refractivity (Wildman–Crippen MR) is 102 cm³/mol. The Hall–Kier alpha value is -3.25. The molecular formula is C20H19F2N5O2. The van der Waals surface area contributed by atoms with Crippen LogP contribution in [0.5, 0.6) is 11.5 Å². The van der Waals surface area contributed by atoms with E-state index in [2.05, 4.69) is 26.3 Å². The van der Waals surface area contributed by atoms with Gasteiger partial charge in [-0.05, 0) is 44.0 Å². The first kappa shape index (κ1) is 19.1. The molecule has 29 heavy (non-hydrogen) atoms. The number of nitriles is 1. The molecule has 1 aromatic carbocycles. The van der Waals surface area contributed by atoms with Crippen LogP contribution >= 0.6 is 0 Å². The Kier molecular flexibility index (Phi) is 5.03. The van der Waals surface area contributed by atoms with E-state index in [1.807, 2.05) is 4.57 Å². The molecule has 0 unspecified atom stereocenters. The van der Waals surface area contributed by atoms with E-state index in [4.69, 9.17) is 0 Å². The molecule has 9 heteroatoms. The molecular weight excluding hydrogens is 380 g/mol. The van der Waals surface area contributed by atoms with Crippen molar-refractivity contribution in [1.82, 2.24) is 20.1 Å². The number of nitrogens with zero attached hydrogens (tertiary/aromatic N) is 4. The number of nitrogens with one attached hydrogen (secondary N) is 1. The smallest absolute Gasteiger partial charge is 0.387 e. The molecule has 1 aliphatic heterocycles. The fourth-order valence-electron chi connectivity index (χ4n) is 3.84. The predicted octanol–water partition coefficient (Wildman–Crippen LogP) is 3.51. The average molecular weight is 399 g/mol. The van der Waals surface area contributed by atoms with Gasteiger partial charge in [0.25, 0.3) is 0 Å². The Bertz CT molecular complexity index is 1080. The van der Waals surface area contributed by atoms with Crippen molar-refractivity contribution in [1.29, 1.82) is 5.26 Å². The lowest BCUT2D eigenvalue weighted by atomic mass is 10.0. The third-order valence-electron chi connectivity index (χ3n) is 5.13. The van der Waals surface area contributed by atoms with Crippen LogP contribution < -0.4 is 10.1 Å². The number of ether oxygens (including phenoxy) is 1. The number of rotatable bonds is 4. The molecule has 7 nitrogen and oxygen atoms in total. The Morgan fingerprint density at radius 3 is 2.83 bits per heavy atom. The lowest BCUT2D eigenvalue weighted by Gasteiger charge is -2.24. The van der Waals surface area contributed by atoms with E-state index in [0.717, 1.165) is 32.0 Å². The zero-order valence-corrected chi connectivity index (χ0v) is 15.7. The minimum atomic E-state index is -2.98. The zero-order valence-electron chi connectivity index (χ0n) is 15.7. The second-order valence-corrected chi connectivity index (χ2v) is 7.04. The van der Waals surface area contributed by atoms with Crippen LogP contribution in [0.25, 0.3) is 22.3 Å². The largest absolute Gasteiger partial charge is 0.507 e. The number of hydrogen-bond donors (Lipinski definition) is 2. The molecule has 0 aliphatic carbocycles. The van der Waals surface area contributed by atoms with Gasteiger partial charge >= 0.3 is 6.61 Å². The maximum absolute atomic E-state index is 12.5. The summed E-state index contributed by atoms with van der Waals surface area (Å²) in [6, 6.07) is 6.60. The van der Waals surface area contributed by atoms with E-state index in [9.17, 15) is 19.1 Å². The number of piperidine rings is 1. The van der Waals surface area contributed by atoms with Gasteiger partial charge in [0.2, 0.25) is 0 Å². The van der Waals surface area contributed by atoms with Gasteiger partial charge in [0.1, 0.15) is 17.6 Å². The molecule has 1 aliphatic rings. The molecule has 1 saturated heterocycles. The molecule has 2 N–H and O–H groups in total. The van der Waals surface area contributed by atoms with Gasteiger partial charge in [-0.25, -0.2) is 0 Å². The monoisotopic (exact) mass is 399 g/mol. The Morgan fingerprint density at radius 1 is 1.34 bits per heavy atom. The van der Waals surface area contributed by atoms with Crippen LogP contribution in [0, 0.1) is 18.3 Å². The number of hydrogen-bond acceptors (Lipinski definition) is 6. The standard InChI is InChI=1S/C20H19F2N5O2/c1-11-5-14(29-20(21)22)6-17(28)18(11)16-7-15-12(8-23)10-27(19(15)26-25-16)13-3-2-4-24-9-13/h5-7,10,13,20,24,28H,2-4,9H2,1H3/t13-/m1/s1.